The summed E-state index contributed by atoms with van der Waals surface area (Å²) in [5, 5.41) is 0. The summed E-state index contributed by atoms with van der Waals surface area (Å²) in [6.07, 6.45) is 0. The van der Waals surface area contributed by atoms with Gasteiger partial charge in [-0.2, -0.15) is 0 Å². The van der Waals surface area contributed by atoms with E-state index in [0.29, 0.717) is 11.5 Å². The van der Waals surface area contributed by atoms with Crippen LogP contribution in [0.1, 0.15) is 6.92 Å². The third-order valence-electron chi connectivity index (χ3n) is 3.68. The van der Waals surface area contributed by atoms with Gasteiger partial charge in [-0.15, -0.1) is 0 Å². The lowest BCUT2D eigenvalue weighted by atomic mass is 10.3. The molecule has 2 aromatic rings. The van der Waals surface area contributed by atoms with Gasteiger partial charge < -0.3 is 9.47 Å². The quantitative estimate of drug-likeness (QED) is 0.641. The maximum Gasteiger partial charge on any atom is 0.240 e. The van der Waals surface area contributed by atoms with Gasteiger partial charge in [0.2, 0.25) is 20.0 Å². The van der Waals surface area contributed by atoms with Crippen molar-refractivity contribution in [2.45, 2.75) is 22.8 Å². The fourth-order valence-electron chi connectivity index (χ4n) is 2.20. The van der Waals surface area contributed by atoms with Crippen LogP contribution in [0.4, 0.5) is 0 Å². The van der Waals surface area contributed by atoms with Gasteiger partial charge in [0, 0.05) is 12.6 Å². The molecule has 2 aromatic carbocycles. The van der Waals surface area contributed by atoms with E-state index < -0.39 is 26.1 Å². The Hall–Kier alpha value is -2.14. The van der Waals surface area contributed by atoms with Crippen molar-refractivity contribution in [3.63, 3.8) is 0 Å². The second kappa shape index (κ2) is 8.70. The van der Waals surface area contributed by atoms with E-state index in [1.54, 1.807) is 6.92 Å². The van der Waals surface area contributed by atoms with Gasteiger partial charge in [0.05, 0.1) is 24.0 Å². The zero-order valence-electron chi connectivity index (χ0n) is 15.2. The number of sulfonamides is 2. The molecule has 1 unspecified atom stereocenters. The van der Waals surface area contributed by atoms with Crippen LogP contribution in [-0.2, 0) is 20.0 Å². The third-order valence-corrected chi connectivity index (χ3v) is 6.72. The van der Waals surface area contributed by atoms with Crippen LogP contribution in [0, 0.1) is 0 Å². The molecule has 148 valence electrons. The highest BCUT2D eigenvalue weighted by atomic mass is 32.2. The summed E-state index contributed by atoms with van der Waals surface area (Å²) >= 11 is 0. The summed E-state index contributed by atoms with van der Waals surface area (Å²) in [7, 11) is -4.58. The molecule has 0 amide bonds. The van der Waals surface area contributed by atoms with E-state index in [9.17, 15) is 16.8 Å². The molecule has 0 aliphatic carbocycles. The second-order valence-electron chi connectivity index (χ2n) is 5.73. The average molecular weight is 415 g/mol. The predicted octanol–water partition coefficient (Wildman–Crippen LogP) is 1.35. The molecule has 0 radical (unpaired) electrons. The largest absolute Gasteiger partial charge is 0.497 e. The highest BCUT2D eigenvalue weighted by molar-refractivity contribution is 7.90. The highest BCUT2D eigenvalue weighted by Crippen LogP contribution is 2.16. The summed E-state index contributed by atoms with van der Waals surface area (Å²) in [4.78, 5) is 0.127. The number of benzene rings is 2. The molecular weight excluding hydrogens is 392 g/mol. The van der Waals surface area contributed by atoms with E-state index in [-0.39, 0.29) is 16.3 Å². The van der Waals surface area contributed by atoms with Gasteiger partial charge in [-0.05, 0) is 55.5 Å². The zero-order chi connectivity index (χ0) is 20.1. The van der Waals surface area contributed by atoms with Crippen molar-refractivity contribution in [3.05, 3.63) is 48.5 Å². The van der Waals surface area contributed by atoms with E-state index in [4.69, 9.17) is 9.47 Å². The summed E-state index contributed by atoms with van der Waals surface area (Å²) in [5.41, 5.74) is 0. The fourth-order valence-corrected chi connectivity index (χ4v) is 4.58. The summed E-state index contributed by atoms with van der Waals surface area (Å²) in [5.74, 6) is 1.07. The van der Waals surface area contributed by atoms with Crippen LogP contribution < -0.4 is 18.9 Å². The van der Waals surface area contributed by atoms with Crippen LogP contribution in [-0.4, -0.2) is 43.6 Å². The van der Waals surface area contributed by atoms with Gasteiger partial charge in [0.1, 0.15) is 11.5 Å². The maximum absolute atomic E-state index is 12.4. The summed E-state index contributed by atoms with van der Waals surface area (Å²) in [6, 6.07) is 11.1. The molecule has 0 saturated carbocycles. The maximum atomic E-state index is 12.4. The van der Waals surface area contributed by atoms with E-state index in [0.717, 1.165) is 0 Å². The molecule has 0 aliphatic heterocycles. The lowest BCUT2D eigenvalue weighted by Gasteiger charge is -2.15. The Balaban J connectivity index is 2.00. The molecule has 10 heteroatoms. The summed E-state index contributed by atoms with van der Waals surface area (Å²) in [6.45, 7) is 1.46. The van der Waals surface area contributed by atoms with Crippen molar-refractivity contribution in [2.75, 3.05) is 20.8 Å². The Bertz CT molecular complexity index is 955. The minimum atomic E-state index is -3.78. The standard InChI is InChI=1S/C17H22N2O6S2/c1-13(19-27(22,23)17-10-6-15(25-3)7-11-17)12-18-26(20,21)16-8-4-14(24-2)5-9-16/h4-11,13,18-19H,12H2,1-3H3. The van der Waals surface area contributed by atoms with E-state index in [2.05, 4.69) is 9.44 Å². The molecule has 0 aromatic heterocycles. The molecule has 0 heterocycles. The third kappa shape index (κ3) is 5.67. The number of methoxy groups -OCH3 is 2. The molecule has 27 heavy (non-hydrogen) atoms. The Morgan fingerprint density at radius 1 is 0.778 bits per heavy atom. The number of hydrogen-bond acceptors (Lipinski definition) is 6. The zero-order valence-corrected chi connectivity index (χ0v) is 16.8. The van der Waals surface area contributed by atoms with Crippen LogP contribution in [0.25, 0.3) is 0 Å². The molecule has 0 aliphatic rings. The normalized spacial score (nSPS) is 13.1. The molecule has 1 atom stereocenters. The van der Waals surface area contributed by atoms with Crippen LogP contribution in [0.5, 0.6) is 11.5 Å². The Morgan fingerprint density at radius 3 is 1.59 bits per heavy atom. The van der Waals surface area contributed by atoms with Crippen molar-refractivity contribution in [1.82, 2.24) is 9.44 Å². The van der Waals surface area contributed by atoms with Gasteiger partial charge in [0.25, 0.3) is 0 Å². The van der Waals surface area contributed by atoms with Crippen LogP contribution in [0.15, 0.2) is 58.3 Å². The van der Waals surface area contributed by atoms with Gasteiger partial charge in [0.15, 0.2) is 0 Å². The smallest absolute Gasteiger partial charge is 0.240 e. The molecular formula is C17H22N2O6S2. The lowest BCUT2D eigenvalue weighted by Crippen LogP contribution is -2.41. The van der Waals surface area contributed by atoms with E-state index >= 15 is 0 Å². The molecule has 0 bridgehead atoms. The Kier molecular flexibility index (Phi) is 6.82. The SMILES string of the molecule is COc1ccc(S(=O)(=O)NCC(C)NS(=O)(=O)c2ccc(OC)cc2)cc1. The van der Waals surface area contributed by atoms with Gasteiger partial charge >= 0.3 is 0 Å². The first-order valence-corrected chi connectivity index (χ1v) is 10.9. The first-order chi connectivity index (χ1) is 12.7. The first-order valence-electron chi connectivity index (χ1n) is 7.98. The van der Waals surface area contributed by atoms with Crippen molar-refractivity contribution >= 4 is 20.0 Å². The number of rotatable bonds is 9. The molecule has 2 N–H and O–H groups in total. The Morgan fingerprint density at radius 2 is 1.19 bits per heavy atom. The molecule has 0 fully saturated rings. The highest BCUT2D eigenvalue weighted by Gasteiger charge is 2.20. The van der Waals surface area contributed by atoms with Gasteiger partial charge in [-0.25, -0.2) is 26.3 Å². The van der Waals surface area contributed by atoms with Crippen molar-refractivity contribution in [1.29, 1.82) is 0 Å². The van der Waals surface area contributed by atoms with Crippen molar-refractivity contribution in [3.8, 4) is 11.5 Å². The van der Waals surface area contributed by atoms with Crippen LogP contribution in [0.3, 0.4) is 0 Å². The number of nitrogens with one attached hydrogen (secondary N) is 2. The van der Waals surface area contributed by atoms with Gasteiger partial charge in [-0.3, -0.25) is 0 Å². The number of ether oxygens (including phenoxy) is 2. The van der Waals surface area contributed by atoms with Crippen LogP contribution in [0.2, 0.25) is 0 Å². The second-order valence-corrected chi connectivity index (χ2v) is 9.21. The molecule has 0 saturated heterocycles. The topological polar surface area (TPSA) is 111 Å². The fraction of sp³-hybridized carbons (Fsp3) is 0.294. The molecule has 8 nitrogen and oxygen atoms in total. The lowest BCUT2D eigenvalue weighted by molar-refractivity contribution is 0.414. The molecule has 2 rings (SSSR count). The molecule has 0 spiro atoms. The van der Waals surface area contributed by atoms with Gasteiger partial charge in [-0.1, -0.05) is 0 Å². The Labute approximate surface area is 159 Å². The summed E-state index contributed by atoms with van der Waals surface area (Å²) < 4.78 is 64.1. The van der Waals surface area contributed by atoms with Crippen LogP contribution >= 0.6 is 0 Å². The van der Waals surface area contributed by atoms with E-state index in [1.807, 2.05) is 0 Å². The minimum Gasteiger partial charge on any atom is -0.497 e. The van der Waals surface area contributed by atoms with E-state index in [1.165, 1.54) is 62.8 Å². The number of hydrogen-bond donors (Lipinski definition) is 2. The predicted molar refractivity (Wildman–Crippen MR) is 101 cm³/mol. The monoisotopic (exact) mass is 414 g/mol. The van der Waals surface area contributed by atoms with Crippen molar-refractivity contribution < 1.29 is 26.3 Å². The first kappa shape index (κ1) is 21.2. The minimum absolute atomic E-state index is 0.0631. The van der Waals surface area contributed by atoms with Crippen molar-refractivity contribution in [2.24, 2.45) is 0 Å². The average Bonchev–Trinajstić information content (AvgIpc) is 2.66.